The van der Waals surface area contributed by atoms with E-state index in [0.29, 0.717) is 98.6 Å². The van der Waals surface area contributed by atoms with Crippen molar-refractivity contribution in [3.05, 3.63) is 76.3 Å². The van der Waals surface area contributed by atoms with Crippen molar-refractivity contribution in [3.63, 3.8) is 0 Å². The molecule has 5 fully saturated rings. The summed E-state index contributed by atoms with van der Waals surface area (Å²) < 4.78 is 65.4. The van der Waals surface area contributed by atoms with Gasteiger partial charge in [-0.25, -0.2) is 18.4 Å². The standard InChI is InChI=1S/C58H62F2N10O10/c1-3-41-44(59)9-7-36-28-38(71)29-42(49(36)41)51-50(60)52-43(32-62-51)53(67-19-4-6-35(31-61)14-21-67)65-55(64-52)80-34-58-17-5-20-69(58)37(13-18-58)33-79-57(75)68-22-15-39(16-23-68)77-26-24-76-25-27-78-40-8-10-45-47(30-40)66(2)56(74)70(45)46-11-12-48(72)63-54(46)73/h1,7-10,28-30,32,35,37,39,46,71H,4-6,11-27,33-34H2,2H3,(H,63,72,73)/t35?,37-,46?,58-/m0/s1. The second kappa shape index (κ2) is 23.0. The number of rotatable bonds is 16. The van der Waals surface area contributed by atoms with Crippen LogP contribution in [0.2, 0.25) is 0 Å². The Kier molecular flexibility index (Phi) is 15.6. The molecule has 418 valence electrons. The number of carbonyl (C=O) groups excluding carboxylic acids is 3. The maximum absolute atomic E-state index is 17.2. The molecule has 5 aliphatic rings. The van der Waals surface area contributed by atoms with E-state index in [1.54, 1.807) is 30.1 Å². The van der Waals surface area contributed by atoms with E-state index in [-0.39, 0.29) is 108 Å². The van der Waals surface area contributed by atoms with Gasteiger partial charge in [-0.15, -0.1) is 6.42 Å². The first-order valence-corrected chi connectivity index (χ1v) is 27.4. The molecule has 5 saturated heterocycles. The van der Waals surface area contributed by atoms with Crippen molar-refractivity contribution in [1.29, 1.82) is 5.26 Å². The average molecular weight is 1100 g/mol. The van der Waals surface area contributed by atoms with Crippen LogP contribution in [0.3, 0.4) is 0 Å². The van der Waals surface area contributed by atoms with Gasteiger partial charge in [-0.3, -0.25) is 33.9 Å². The zero-order valence-electron chi connectivity index (χ0n) is 44.5. The topological polar surface area (TPSA) is 229 Å². The van der Waals surface area contributed by atoms with Gasteiger partial charge in [0, 0.05) is 74.8 Å². The summed E-state index contributed by atoms with van der Waals surface area (Å²) in [6.45, 7) is 4.57. The summed E-state index contributed by atoms with van der Waals surface area (Å²) in [7, 11) is 1.63. The molecule has 0 spiro atoms. The van der Waals surface area contributed by atoms with Crippen LogP contribution in [-0.2, 0) is 30.8 Å². The zero-order valence-corrected chi connectivity index (χ0v) is 44.5. The van der Waals surface area contributed by atoms with Gasteiger partial charge in [0.1, 0.15) is 60.2 Å². The smallest absolute Gasteiger partial charge is 0.409 e. The summed E-state index contributed by atoms with van der Waals surface area (Å²) >= 11 is 0. The van der Waals surface area contributed by atoms with Crippen LogP contribution in [0.15, 0.2) is 53.5 Å². The van der Waals surface area contributed by atoms with E-state index in [1.807, 2.05) is 4.90 Å². The average Bonchev–Trinajstić information content (AvgIpc) is 4.04. The second-order valence-corrected chi connectivity index (χ2v) is 21.3. The number of aromatic nitrogens is 5. The second-order valence-electron chi connectivity index (χ2n) is 21.3. The molecular formula is C58H62F2N10O10. The number of fused-ring (bicyclic) bond motifs is 4. The molecule has 22 heteroatoms. The van der Waals surface area contributed by atoms with Crippen molar-refractivity contribution in [3.8, 4) is 47.2 Å². The number of piperidine rings is 2. The SMILES string of the molecule is C#Cc1c(F)ccc2cc(O)cc(-c3ncc4c(N5CCCC(C#N)CC5)nc(OC[C@@]56CCCN5[C@H](COC(=O)N5CCC(OCCOCCOc7ccc8c(c7)n(C)c(=O)n8C7CCC(=O)NC7=O)CC5)CC6)nc4c3F)c12. The van der Waals surface area contributed by atoms with Crippen molar-refractivity contribution in [2.75, 3.05) is 77.3 Å². The number of halogens is 2. The molecule has 4 atom stereocenters. The molecule has 0 bridgehead atoms. The van der Waals surface area contributed by atoms with E-state index in [0.717, 1.165) is 45.1 Å². The van der Waals surface area contributed by atoms with Crippen molar-refractivity contribution in [2.45, 2.75) is 94.4 Å². The minimum Gasteiger partial charge on any atom is -0.508 e. The Balaban J connectivity index is 0.666. The zero-order chi connectivity index (χ0) is 55.7. The number of amides is 3. The summed E-state index contributed by atoms with van der Waals surface area (Å²) in [4.78, 5) is 70.9. The third kappa shape index (κ3) is 10.7. The van der Waals surface area contributed by atoms with E-state index in [1.165, 1.54) is 39.6 Å². The van der Waals surface area contributed by atoms with Gasteiger partial charge in [0.05, 0.1) is 59.5 Å². The monoisotopic (exact) mass is 1100 g/mol. The van der Waals surface area contributed by atoms with E-state index in [4.69, 9.17) is 35.1 Å². The lowest BCUT2D eigenvalue weighted by molar-refractivity contribution is -0.135. The highest BCUT2D eigenvalue weighted by Gasteiger charge is 2.50. The third-order valence-corrected chi connectivity index (χ3v) is 16.6. The summed E-state index contributed by atoms with van der Waals surface area (Å²) in [5.41, 5.74) is 0.190. The summed E-state index contributed by atoms with van der Waals surface area (Å²) in [6, 6.07) is 12.2. The Morgan fingerprint density at radius 2 is 1.75 bits per heavy atom. The molecule has 2 N–H and O–H groups in total. The predicted molar refractivity (Wildman–Crippen MR) is 289 cm³/mol. The van der Waals surface area contributed by atoms with Crippen LogP contribution in [0.25, 0.3) is 44.0 Å². The Bertz CT molecular complexity index is 3530. The molecule has 20 nitrogen and oxygen atoms in total. The third-order valence-electron chi connectivity index (χ3n) is 16.6. The van der Waals surface area contributed by atoms with Gasteiger partial charge in [0.2, 0.25) is 11.8 Å². The number of terminal acetylenes is 1. The Labute approximate surface area is 459 Å². The molecule has 0 saturated carbocycles. The quantitative estimate of drug-likeness (QED) is 0.0587. The molecular weight excluding hydrogens is 1030 g/mol. The van der Waals surface area contributed by atoms with Gasteiger partial charge >= 0.3 is 17.8 Å². The van der Waals surface area contributed by atoms with Crippen LogP contribution in [0.5, 0.6) is 17.5 Å². The predicted octanol–water partition coefficient (Wildman–Crippen LogP) is 6.66. The number of likely N-dealkylation sites (tertiary alicyclic amines) is 1. The fourth-order valence-corrected chi connectivity index (χ4v) is 12.4. The molecule has 0 radical (unpaired) electrons. The van der Waals surface area contributed by atoms with Crippen LogP contribution >= 0.6 is 0 Å². The normalized spacial score (nSPS) is 21.8. The Morgan fingerprint density at radius 3 is 2.56 bits per heavy atom. The number of ether oxygens (including phenoxy) is 5. The van der Waals surface area contributed by atoms with Gasteiger partial charge in [-0.05, 0) is 106 Å². The Hall–Kier alpha value is -7.92. The molecule has 3 aromatic heterocycles. The summed E-state index contributed by atoms with van der Waals surface area (Å²) in [5, 5.41) is 23.8. The van der Waals surface area contributed by atoms with Crippen LogP contribution in [0.4, 0.5) is 19.4 Å². The number of nitrogens with zero attached hydrogens (tertiary/aromatic N) is 9. The number of imide groups is 1. The van der Waals surface area contributed by atoms with Gasteiger partial charge in [-0.1, -0.05) is 12.0 Å². The molecule has 6 aromatic rings. The number of imidazole rings is 1. The number of benzene rings is 3. The number of anilines is 1. The highest BCUT2D eigenvalue weighted by atomic mass is 19.1. The van der Waals surface area contributed by atoms with Crippen LogP contribution in [0, 0.1) is 41.2 Å². The van der Waals surface area contributed by atoms with E-state index in [9.17, 15) is 29.5 Å². The van der Waals surface area contributed by atoms with Crippen molar-refractivity contribution < 1.29 is 52.0 Å². The van der Waals surface area contributed by atoms with Gasteiger partial charge in [-0.2, -0.15) is 15.2 Å². The van der Waals surface area contributed by atoms with E-state index < -0.39 is 29.1 Å². The minimum absolute atomic E-state index is 0.0327. The molecule has 80 heavy (non-hydrogen) atoms. The molecule has 11 rings (SSSR count). The van der Waals surface area contributed by atoms with E-state index >= 15 is 8.78 Å². The van der Waals surface area contributed by atoms with Crippen LogP contribution in [-0.4, -0.2) is 147 Å². The molecule has 5 aliphatic heterocycles. The number of nitriles is 1. The number of aromatic hydroxyl groups is 1. The lowest BCUT2D eigenvalue weighted by atomic mass is 9.95. The number of carbonyl (C=O) groups is 3. The number of phenols is 1. The first kappa shape index (κ1) is 54.1. The number of pyridine rings is 1. The first-order valence-electron chi connectivity index (χ1n) is 27.4. The fourth-order valence-electron chi connectivity index (χ4n) is 12.4. The number of phenolic OH excluding ortho intramolecular Hbond substituents is 1. The molecule has 3 aromatic carbocycles. The van der Waals surface area contributed by atoms with Crippen LogP contribution < -0.4 is 25.4 Å². The number of hydrogen-bond acceptors (Lipinski definition) is 16. The molecule has 2 unspecified atom stereocenters. The number of nitrogens with one attached hydrogen (secondary N) is 1. The minimum atomic E-state index is -0.822. The highest BCUT2D eigenvalue weighted by Crippen LogP contribution is 2.44. The number of hydrogen-bond donors (Lipinski definition) is 2. The Morgan fingerprint density at radius 1 is 0.912 bits per heavy atom. The van der Waals surface area contributed by atoms with Crippen molar-refractivity contribution in [1.82, 2.24) is 39.2 Å². The van der Waals surface area contributed by atoms with Gasteiger partial charge in [0.15, 0.2) is 5.82 Å². The summed E-state index contributed by atoms with van der Waals surface area (Å²) in [6.07, 6.45) is 13.9. The molecule has 8 heterocycles. The van der Waals surface area contributed by atoms with Gasteiger partial charge in [0.25, 0.3) is 0 Å². The fraction of sp³-hybridized carbons (Fsp3) is 0.483. The van der Waals surface area contributed by atoms with Crippen molar-refractivity contribution >= 4 is 56.4 Å². The highest BCUT2D eigenvalue weighted by molar-refractivity contribution is 6.03. The lowest BCUT2D eigenvalue weighted by Crippen LogP contribution is -2.48. The maximum atomic E-state index is 17.2. The van der Waals surface area contributed by atoms with Crippen molar-refractivity contribution in [2.24, 2.45) is 13.0 Å². The molecule has 3 amide bonds. The molecule has 0 aliphatic carbocycles. The first-order chi connectivity index (χ1) is 38.8. The van der Waals surface area contributed by atoms with Crippen LogP contribution in [0.1, 0.15) is 82.2 Å². The lowest BCUT2D eigenvalue weighted by Gasteiger charge is -2.35. The van der Waals surface area contributed by atoms with E-state index in [2.05, 4.69) is 32.2 Å². The largest absolute Gasteiger partial charge is 0.508 e. The summed E-state index contributed by atoms with van der Waals surface area (Å²) in [5.74, 6) is 0.705. The number of aryl methyl sites for hydroxylation is 1. The van der Waals surface area contributed by atoms with Gasteiger partial charge < -0.3 is 38.6 Å². The maximum Gasteiger partial charge on any atom is 0.409 e.